The van der Waals surface area contributed by atoms with Gasteiger partial charge in [-0.1, -0.05) is 30.7 Å². The molecule has 1 saturated heterocycles. The topological polar surface area (TPSA) is 72.3 Å². The molecule has 1 N–H and O–H groups in total. The first-order valence-electron chi connectivity index (χ1n) is 11.1. The molecule has 1 aliphatic heterocycles. The molecule has 3 aromatic rings. The highest BCUT2D eigenvalue weighted by atomic mass is 16.5. The molecule has 162 valence electrons. The van der Waals surface area contributed by atoms with Crippen molar-refractivity contribution in [1.82, 2.24) is 19.5 Å². The third kappa shape index (κ3) is 3.83. The monoisotopic (exact) mass is 419 g/mol. The Morgan fingerprint density at radius 1 is 1.16 bits per heavy atom. The number of methoxy groups -OCH3 is 1. The van der Waals surface area contributed by atoms with Gasteiger partial charge in [0.15, 0.2) is 0 Å². The number of pyridine rings is 1. The largest absolute Gasteiger partial charge is 0.383 e. The van der Waals surface area contributed by atoms with Crippen LogP contribution in [0.15, 0.2) is 41.3 Å². The van der Waals surface area contributed by atoms with Gasteiger partial charge in [-0.3, -0.25) is 14.8 Å². The number of hydrogen-bond donors (Lipinski definition) is 1. The number of rotatable bonds is 6. The third-order valence-corrected chi connectivity index (χ3v) is 6.77. The quantitative estimate of drug-likeness (QED) is 0.660. The summed E-state index contributed by atoms with van der Waals surface area (Å²) in [6, 6.07) is 9.86. The standard InChI is InChI=1S/C24H29N5O2/c1-16-6-3-4-9-20(16)21-12-19-13-25-24(26-22(19)29(23(21)30)10-11-31-2)27-28-14-17-7-5-8-18(17)15-28/h3-4,6,9,12-13,17-18H,5,7-8,10-11,14-15H2,1-2H3,(H,25,26,27). The van der Waals surface area contributed by atoms with Gasteiger partial charge in [0, 0.05) is 37.3 Å². The van der Waals surface area contributed by atoms with Gasteiger partial charge in [-0.2, -0.15) is 4.98 Å². The minimum Gasteiger partial charge on any atom is -0.383 e. The van der Waals surface area contributed by atoms with E-state index in [0.29, 0.717) is 30.3 Å². The van der Waals surface area contributed by atoms with E-state index in [-0.39, 0.29) is 5.56 Å². The van der Waals surface area contributed by atoms with E-state index in [9.17, 15) is 4.79 Å². The fourth-order valence-electron chi connectivity index (χ4n) is 5.14. The summed E-state index contributed by atoms with van der Waals surface area (Å²) in [5, 5.41) is 3.08. The number of hydrazine groups is 1. The lowest BCUT2D eigenvalue weighted by Crippen LogP contribution is -2.30. The van der Waals surface area contributed by atoms with E-state index in [1.165, 1.54) is 19.3 Å². The van der Waals surface area contributed by atoms with Crippen LogP contribution in [0.25, 0.3) is 22.2 Å². The lowest BCUT2D eigenvalue weighted by molar-refractivity contribution is 0.187. The average molecular weight is 420 g/mol. The highest BCUT2D eigenvalue weighted by Crippen LogP contribution is 2.37. The van der Waals surface area contributed by atoms with Crippen LogP contribution in [0.3, 0.4) is 0 Å². The molecule has 1 aromatic carbocycles. The van der Waals surface area contributed by atoms with Crippen LogP contribution < -0.4 is 11.0 Å². The molecule has 2 aromatic heterocycles. The Hall–Kier alpha value is -2.77. The maximum Gasteiger partial charge on any atom is 0.260 e. The Morgan fingerprint density at radius 2 is 1.94 bits per heavy atom. The molecule has 7 heteroatoms. The van der Waals surface area contributed by atoms with Gasteiger partial charge in [0.1, 0.15) is 5.65 Å². The summed E-state index contributed by atoms with van der Waals surface area (Å²) in [6.07, 6.45) is 5.80. The van der Waals surface area contributed by atoms with Crippen LogP contribution in [0.2, 0.25) is 0 Å². The summed E-state index contributed by atoms with van der Waals surface area (Å²) >= 11 is 0. The van der Waals surface area contributed by atoms with Gasteiger partial charge in [0.2, 0.25) is 5.95 Å². The van der Waals surface area contributed by atoms with Crippen LogP contribution in [0, 0.1) is 18.8 Å². The van der Waals surface area contributed by atoms with Crippen LogP contribution in [0.4, 0.5) is 5.95 Å². The van der Waals surface area contributed by atoms with Crippen molar-refractivity contribution in [1.29, 1.82) is 0 Å². The first-order chi connectivity index (χ1) is 15.1. The number of aryl methyl sites for hydroxylation is 1. The molecular weight excluding hydrogens is 390 g/mol. The Morgan fingerprint density at radius 3 is 2.68 bits per heavy atom. The molecular formula is C24H29N5O2. The van der Waals surface area contributed by atoms with Crippen LogP contribution >= 0.6 is 0 Å². The minimum absolute atomic E-state index is 0.0563. The molecule has 2 aliphatic rings. The van der Waals surface area contributed by atoms with Gasteiger partial charge in [0.05, 0.1) is 13.2 Å². The number of nitrogens with zero attached hydrogens (tertiary/aromatic N) is 4. The fraction of sp³-hybridized carbons (Fsp3) is 0.458. The first kappa shape index (κ1) is 20.2. The molecule has 7 nitrogen and oxygen atoms in total. The zero-order valence-electron chi connectivity index (χ0n) is 18.2. The number of ether oxygens (including phenoxy) is 1. The van der Waals surface area contributed by atoms with Gasteiger partial charge in [-0.05, 0) is 48.8 Å². The molecule has 0 spiro atoms. The Labute approximate surface area is 182 Å². The predicted molar refractivity (Wildman–Crippen MR) is 122 cm³/mol. The molecule has 31 heavy (non-hydrogen) atoms. The fourth-order valence-corrected chi connectivity index (χ4v) is 5.14. The highest BCUT2D eigenvalue weighted by molar-refractivity contribution is 5.82. The lowest BCUT2D eigenvalue weighted by Gasteiger charge is -2.19. The van der Waals surface area contributed by atoms with Crippen molar-refractivity contribution in [3.05, 3.63) is 52.4 Å². The van der Waals surface area contributed by atoms with Crippen LogP contribution in [-0.4, -0.2) is 46.4 Å². The van der Waals surface area contributed by atoms with Crippen molar-refractivity contribution in [2.75, 3.05) is 32.2 Å². The Balaban J connectivity index is 1.53. The molecule has 5 rings (SSSR count). The highest BCUT2D eigenvalue weighted by Gasteiger charge is 2.36. The van der Waals surface area contributed by atoms with E-state index in [2.05, 4.69) is 15.4 Å². The molecule has 2 unspecified atom stereocenters. The summed E-state index contributed by atoms with van der Waals surface area (Å²) in [5.74, 6) is 2.11. The van der Waals surface area contributed by atoms with Crippen LogP contribution in [-0.2, 0) is 11.3 Å². The summed E-state index contributed by atoms with van der Waals surface area (Å²) in [7, 11) is 1.64. The smallest absolute Gasteiger partial charge is 0.260 e. The van der Waals surface area contributed by atoms with Gasteiger partial charge < -0.3 is 4.74 Å². The molecule has 2 fully saturated rings. The number of hydrogen-bond acceptors (Lipinski definition) is 6. The zero-order valence-corrected chi connectivity index (χ0v) is 18.2. The van der Waals surface area contributed by atoms with E-state index in [1.807, 2.05) is 43.5 Å². The molecule has 3 heterocycles. The lowest BCUT2D eigenvalue weighted by atomic mass is 10.0. The molecule has 1 aliphatic carbocycles. The minimum atomic E-state index is -0.0563. The average Bonchev–Trinajstić information content (AvgIpc) is 3.35. The zero-order chi connectivity index (χ0) is 21.4. The van der Waals surface area contributed by atoms with Crippen molar-refractivity contribution in [3.63, 3.8) is 0 Å². The number of fused-ring (bicyclic) bond motifs is 2. The Kier molecular flexibility index (Phi) is 5.46. The third-order valence-electron chi connectivity index (χ3n) is 6.77. The van der Waals surface area contributed by atoms with Gasteiger partial charge in [-0.25, -0.2) is 9.99 Å². The summed E-state index contributed by atoms with van der Waals surface area (Å²) in [5.41, 5.74) is 6.63. The van der Waals surface area contributed by atoms with Gasteiger partial charge in [0.25, 0.3) is 5.56 Å². The predicted octanol–water partition coefficient (Wildman–Crippen LogP) is 3.47. The summed E-state index contributed by atoms with van der Waals surface area (Å²) in [6.45, 7) is 4.97. The number of benzene rings is 1. The van der Waals surface area contributed by atoms with Crippen molar-refractivity contribution >= 4 is 17.0 Å². The van der Waals surface area contributed by atoms with Crippen molar-refractivity contribution < 1.29 is 4.74 Å². The maximum atomic E-state index is 13.4. The SMILES string of the molecule is COCCn1c(=O)c(-c2ccccc2C)cc2cnc(NN3CC4CCCC4C3)nc21. The van der Waals surface area contributed by atoms with Crippen LogP contribution in [0.1, 0.15) is 24.8 Å². The van der Waals surface area contributed by atoms with Gasteiger partial charge in [-0.15, -0.1) is 0 Å². The van der Waals surface area contributed by atoms with E-state index >= 15 is 0 Å². The van der Waals surface area contributed by atoms with E-state index in [1.54, 1.807) is 11.7 Å². The molecule has 0 amide bonds. The molecule has 0 radical (unpaired) electrons. The van der Waals surface area contributed by atoms with Gasteiger partial charge >= 0.3 is 0 Å². The number of aromatic nitrogens is 3. The number of anilines is 1. The second kappa shape index (κ2) is 8.40. The Bertz CT molecular complexity index is 1150. The van der Waals surface area contributed by atoms with Crippen LogP contribution in [0.5, 0.6) is 0 Å². The molecule has 2 atom stereocenters. The van der Waals surface area contributed by atoms with Crippen molar-refractivity contribution in [2.45, 2.75) is 32.7 Å². The first-order valence-corrected chi connectivity index (χ1v) is 11.1. The second-order valence-electron chi connectivity index (χ2n) is 8.76. The molecule has 1 saturated carbocycles. The summed E-state index contributed by atoms with van der Waals surface area (Å²) in [4.78, 5) is 22.8. The van der Waals surface area contributed by atoms with E-state index in [4.69, 9.17) is 9.72 Å². The second-order valence-corrected chi connectivity index (χ2v) is 8.76. The van der Waals surface area contributed by atoms with Crippen molar-refractivity contribution in [2.24, 2.45) is 11.8 Å². The maximum absolute atomic E-state index is 13.4. The number of nitrogens with one attached hydrogen (secondary N) is 1. The molecule has 0 bridgehead atoms. The van der Waals surface area contributed by atoms with E-state index in [0.717, 1.165) is 41.4 Å². The normalized spacial score (nSPS) is 21.0. The van der Waals surface area contributed by atoms with Crippen molar-refractivity contribution in [3.8, 4) is 11.1 Å². The van der Waals surface area contributed by atoms with E-state index < -0.39 is 0 Å². The summed E-state index contributed by atoms with van der Waals surface area (Å²) < 4.78 is 6.99.